The number of unbranched alkanes of at least 4 members (excludes halogenated alkanes) is 2. The molecule has 6 heteroatoms. The number of imidazole rings is 1. The first-order chi connectivity index (χ1) is 12.0. The smallest absolute Gasteiger partial charge is 0.325 e. The summed E-state index contributed by atoms with van der Waals surface area (Å²) in [5.74, 6) is 0.747. The van der Waals surface area contributed by atoms with Crippen LogP contribution < -0.4 is 5.32 Å². The summed E-state index contributed by atoms with van der Waals surface area (Å²) in [6.45, 7) is 4.66. The molecule has 1 amide bonds. The number of esters is 1. The molecule has 0 fully saturated rings. The van der Waals surface area contributed by atoms with Gasteiger partial charge in [-0.3, -0.25) is 9.59 Å². The number of nitrogens with one attached hydrogen (secondary N) is 1. The molecule has 136 valence electrons. The van der Waals surface area contributed by atoms with Gasteiger partial charge in [-0.1, -0.05) is 32.4 Å². The van der Waals surface area contributed by atoms with Gasteiger partial charge in [-0.05, 0) is 25.0 Å². The lowest BCUT2D eigenvalue weighted by molar-refractivity contribution is -0.141. The third-order valence-corrected chi connectivity index (χ3v) is 4.15. The number of hydrogen-bond donors (Lipinski definition) is 1. The van der Waals surface area contributed by atoms with Gasteiger partial charge in [0.2, 0.25) is 5.91 Å². The van der Waals surface area contributed by atoms with E-state index in [1.54, 1.807) is 0 Å². The van der Waals surface area contributed by atoms with Crippen molar-refractivity contribution in [2.24, 2.45) is 5.92 Å². The highest BCUT2D eigenvalue weighted by atomic mass is 16.5. The number of aromatic nitrogens is 2. The van der Waals surface area contributed by atoms with E-state index >= 15 is 0 Å². The summed E-state index contributed by atoms with van der Waals surface area (Å²) >= 11 is 0. The maximum atomic E-state index is 11.7. The second-order valence-electron chi connectivity index (χ2n) is 6.44. The minimum atomic E-state index is -0.277. The van der Waals surface area contributed by atoms with Crippen LogP contribution in [0, 0.1) is 5.92 Å². The molecule has 1 heterocycles. The van der Waals surface area contributed by atoms with Gasteiger partial charge in [-0.2, -0.15) is 0 Å². The molecule has 0 unspecified atom stereocenters. The minimum Gasteiger partial charge on any atom is -0.468 e. The molecule has 2 rings (SSSR count). The fraction of sp³-hybridized carbons (Fsp3) is 0.526. The van der Waals surface area contributed by atoms with Crippen molar-refractivity contribution in [2.45, 2.75) is 46.1 Å². The van der Waals surface area contributed by atoms with Crippen molar-refractivity contribution in [1.82, 2.24) is 14.9 Å². The molecule has 0 saturated carbocycles. The normalized spacial score (nSPS) is 11.0. The molecule has 0 aliphatic heterocycles. The van der Waals surface area contributed by atoms with Crippen LogP contribution in [-0.2, 0) is 27.3 Å². The Labute approximate surface area is 148 Å². The number of ether oxygens (including phenoxy) is 1. The number of methoxy groups -OCH3 is 1. The highest BCUT2D eigenvalue weighted by molar-refractivity contribution is 5.79. The molecule has 6 nitrogen and oxygen atoms in total. The quantitative estimate of drug-likeness (QED) is 0.560. The Hall–Kier alpha value is -2.37. The van der Waals surface area contributed by atoms with Gasteiger partial charge in [-0.15, -0.1) is 0 Å². The number of rotatable bonds is 9. The third kappa shape index (κ3) is 5.31. The second kappa shape index (κ2) is 9.20. The summed E-state index contributed by atoms with van der Waals surface area (Å²) in [5.41, 5.74) is 1.85. The van der Waals surface area contributed by atoms with Gasteiger partial charge < -0.3 is 14.6 Å². The van der Waals surface area contributed by atoms with Crippen LogP contribution >= 0.6 is 0 Å². The van der Waals surface area contributed by atoms with Crippen LogP contribution in [0.2, 0.25) is 0 Å². The zero-order valence-electron chi connectivity index (χ0n) is 15.2. The van der Waals surface area contributed by atoms with Gasteiger partial charge in [-0.25, -0.2) is 4.98 Å². The highest BCUT2D eigenvalue weighted by Gasteiger charge is 2.13. The van der Waals surface area contributed by atoms with Crippen molar-refractivity contribution in [3.8, 4) is 0 Å². The summed E-state index contributed by atoms with van der Waals surface area (Å²) in [7, 11) is 1.40. The zero-order chi connectivity index (χ0) is 18.2. The second-order valence-corrected chi connectivity index (χ2v) is 6.44. The summed E-state index contributed by atoms with van der Waals surface area (Å²) in [6, 6.07) is 7.81. The number of para-hydroxylation sites is 2. The van der Waals surface area contributed by atoms with Crippen LogP contribution in [0.4, 0.5) is 0 Å². The molecule has 0 saturated heterocycles. The van der Waals surface area contributed by atoms with E-state index in [0.717, 1.165) is 42.5 Å². The average Bonchev–Trinajstić information content (AvgIpc) is 2.95. The number of fused-ring (bicyclic) bond motifs is 1. The van der Waals surface area contributed by atoms with Crippen molar-refractivity contribution in [3.05, 3.63) is 30.1 Å². The predicted molar refractivity (Wildman–Crippen MR) is 97.2 cm³/mol. The maximum absolute atomic E-state index is 11.7. The van der Waals surface area contributed by atoms with E-state index in [1.807, 2.05) is 42.7 Å². The molecule has 25 heavy (non-hydrogen) atoms. The zero-order valence-corrected chi connectivity index (χ0v) is 15.2. The fourth-order valence-corrected chi connectivity index (χ4v) is 2.69. The van der Waals surface area contributed by atoms with Gasteiger partial charge in [0.05, 0.1) is 18.1 Å². The number of benzene rings is 1. The monoisotopic (exact) mass is 345 g/mol. The molecule has 1 aromatic heterocycles. The first-order valence-corrected chi connectivity index (χ1v) is 8.81. The van der Waals surface area contributed by atoms with Crippen molar-refractivity contribution in [3.63, 3.8) is 0 Å². The van der Waals surface area contributed by atoms with Gasteiger partial charge in [0.1, 0.15) is 12.4 Å². The molecule has 0 spiro atoms. The largest absolute Gasteiger partial charge is 0.468 e. The number of carbonyl (C=O) groups excluding carboxylic acids is 2. The number of carbonyl (C=O) groups is 2. The molecule has 0 atom stereocenters. The SMILES string of the molecule is COC(=O)Cn1c(CCCCCNC(=O)C(C)C)nc2ccccc21. The first-order valence-electron chi connectivity index (χ1n) is 8.81. The molecule has 0 bridgehead atoms. The van der Waals surface area contributed by atoms with Crippen LogP contribution in [0.1, 0.15) is 38.9 Å². The van der Waals surface area contributed by atoms with Crippen molar-refractivity contribution in [2.75, 3.05) is 13.7 Å². The van der Waals surface area contributed by atoms with Crippen LogP contribution in [0.25, 0.3) is 11.0 Å². The molecule has 2 aromatic rings. The maximum Gasteiger partial charge on any atom is 0.325 e. The Kier molecular flexibility index (Phi) is 6.98. The molecule has 0 aliphatic rings. The van der Waals surface area contributed by atoms with Gasteiger partial charge in [0, 0.05) is 18.9 Å². The Morgan fingerprint density at radius 1 is 1.20 bits per heavy atom. The molecule has 1 N–H and O–H groups in total. The minimum absolute atomic E-state index is 0.0261. The average molecular weight is 345 g/mol. The van der Waals surface area contributed by atoms with Gasteiger partial charge >= 0.3 is 5.97 Å². The number of amides is 1. The van der Waals surface area contributed by atoms with Crippen molar-refractivity contribution in [1.29, 1.82) is 0 Å². The summed E-state index contributed by atoms with van der Waals surface area (Å²) in [5, 5.41) is 2.93. The van der Waals surface area contributed by atoms with Crippen molar-refractivity contribution < 1.29 is 14.3 Å². The molecular formula is C19H27N3O3. The van der Waals surface area contributed by atoms with E-state index in [2.05, 4.69) is 10.3 Å². The van der Waals surface area contributed by atoms with E-state index in [0.29, 0.717) is 6.54 Å². The lowest BCUT2D eigenvalue weighted by Crippen LogP contribution is -2.28. The number of nitrogens with zero attached hydrogens (tertiary/aromatic N) is 2. The summed E-state index contributed by atoms with van der Waals surface area (Å²) in [6.07, 6.45) is 3.70. The highest BCUT2D eigenvalue weighted by Crippen LogP contribution is 2.18. The van der Waals surface area contributed by atoms with Crippen LogP contribution in [0.15, 0.2) is 24.3 Å². The Morgan fingerprint density at radius 3 is 2.68 bits per heavy atom. The lowest BCUT2D eigenvalue weighted by Gasteiger charge is -2.09. The van der Waals surface area contributed by atoms with E-state index in [4.69, 9.17) is 4.74 Å². The lowest BCUT2D eigenvalue weighted by atomic mass is 10.1. The summed E-state index contributed by atoms with van der Waals surface area (Å²) in [4.78, 5) is 27.9. The fourth-order valence-electron chi connectivity index (χ4n) is 2.69. The molecular weight excluding hydrogens is 318 g/mol. The number of hydrogen-bond acceptors (Lipinski definition) is 4. The summed E-state index contributed by atoms with van der Waals surface area (Å²) < 4.78 is 6.73. The van der Waals surface area contributed by atoms with Crippen LogP contribution in [0.3, 0.4) is 0 Å². The van der Waals surface area contributed by atoms with E-state index in [-0.39, 0.29) is 24.3 Å². The van der Waals surface area contributed by atoms with Gasteiger partial charge in [0.15, 0.2) is 0 Å². The molecule has 1 aromatic carbocycles. The van der Waals surface area contributed by atoms with Crippen LogP contribution in [0.5, 0.6) is 0 Å². The van der Waals surface area contributed by atoms with Gasteiger partial charge in [0.25, 0.3) is 0 Å². The number of aryl methyl sites for hydroxylation is 1. The van der Waals surface area contributed by atoms with E-state index < -0.39 is 0 Å². The predicted octanol–water partition coefficient (Wildman–Crippen LogP) is 2.69. The third-order valence-electron chi connectivity index (χ3n) is 4.15. The van der Waals surface area contributed by atoms with E-state index in [9.17, 15) is 9.59 Å². The van der Waals surface area contributed by atoms with Crippen molar-refractivity contribution >= 4 is 22.9 Å². The van der Waals surface area contributed by atoms with Crippen LogP contribution in [-0.4, -0.2) is 35.1 Å². The van der Waals surface area contributed by atoms with E-state index in [1.165, 1.54) is 7.11 Å². The molecule has 0 radical (unpaired) electrons. The molecule has 0 aliphatic carbocycles. The Balaban J connectivity index is 1.90. The first kappa shape index (κ1) is 19.0. The standard InChI is InChI=1S/C19H27N3O3/c1-14(2)19(24)20-12-8-4-5-11-17-21-15-9-6-7-10-16(15)22(17)13-18(23)25-3/h6-7,9-10,14H,4-5,8,11-13H2,1-3H3,(H,20,24). The Morgan fingerprint density at radius 2 is 1.96 bits per heavy atom. The Bertz CT molecular complexity index is 722. The topological polar surface area (TPSA) is 73.2 Å².